The normalized spacial score (nSPS) is 10.4. The summed E-state index contributed by atoms with van der Waals surface area (Å²) in [6.07, 6.45) is 1.42. The van der Waals surface area contributed by atoms with E-state index >= 15 is 0 Å². The van der Waals surface area contributed by atoms with Crippen LogP contribution in [0.25, 0.3) is 0 Å². The molecule has 4 nitrogen and oxygen atoms in total. The molecule has 0 bridgehead atoms. The zero-order valence-corrected chi connectivity index (χ0v) is 11.1. The number of hydrogen-bond acceptors (Lipinski definition) is 3. The molecule has 0 aliphatic carbocycles. The van der Waals surface area contributed by atoms with E-state index in [-0.39, 0.29) is 5.76 Å². The second-order valence-corrected chi connectivity index (χ2v) is 4.43. The van der Waals surface area contributed by atoms with Gasteiger partial charge in [-0.05, 0) is 37.6 Å². The number of aryl methyl sites for hydroxylation is 1. The molecule has 0 spiro atoms. The highest BCUT2D eigenvalue weighted by molar-refractivity contribution is 5.86. The quantitative estimate of drug-likeness (QED) is 0.895. The maximum atomic E-state index is 11.0. The lowest BCUT2D eigenvalue weighted by Crippen LogP contribution is -2.22. The number of hydrogen-bond donors (Lipinski definition) is 1. The van der Waals surface area contributed by atoms with Crippen molar-refractivity contribution >= 4 is 11.7 Å². The van der Waals surface area contributed by atoms with Gasteiger partial charge in [-0.1, -0.05) is 12.1 Å². The fourth-order valence-corrected chi connectivity index (χ4v) is 2.06. The number of carboxylic acids is 1. The van der Waals surface area contributed by atoms with E-state index in [2.05, 4.69) is 11.0 Å². The summed E-state index contributed by atoms with van der Waals surface area (Å²) in [7, 11) is 0. The zero-order chi connectivity index (χ0) is 13.8. The summed E-state index contributed by atoms with van der Waals surface area (Å²) in [5.41, 5.74) is 2.96. The van der Waals surface area contributed by atoms with Gasteiger partial charge >= 0.3 is 5.97 Å². The molecule has 0 saturated heterocycles. The molecule has 100 valence electrons. The Labute approximate surface area is 112 Å². The average Bonchev–Trinajstić information content (AvgIpc) is 2.84. The largest absolute Gasteiger partial charge is 0.475 e. The number of anilines is 1. The van der Waals surface area contributed by atoms with Crippen LogP contribution in [-0.2, 0) is 6.54 Å². The van der Waals surface area contributed by atoms with E-state index in [1.54, 1.807) is 6.07 Å². The lowest BCUT2D eigenvalue weighted by atomic mass is 10.1. The standard InChI is InChI=1S/C15H17NO3/c1-3-16(13-6-4-5-11(2)9-13)10-12-7-8-19-14(12)15(17)18/h4-9H,3,10H2,1-2H3,(H,17,18). The third-order valence-corrected chi connectivity index (χ3v) is 3.05. The second-order valence-electron chi connectivity index (χ2n) is 4.43. The van der Waals surface area contributed by atoms with E-state index in [9.17, 15) is 4.79 Å². The summed E-state index contributed by atoms with van der Waals surface area (Å²) in [6.45, 7) is 5.41. The molecule has 0 saturated carbocycles. The average molecular weight is 259 g/mol. The van der Waals surface area contributed by atoms with Gasteiger partial charge in [-0.15, -0.1) is 0 Å². The van der Waals surface area contributed by atoms with Crippen LogP contribution in [0.1, 0.15) is 28.6 Å². The number of nitrogens with zero attached hydrogens (tertiary/aromatic N) is 1. The van der Waals surface area contributed by atoms with Gasteiger partial charge < -0.3 is 14.4 Å². The summed E-state index contributed by atoms with van der Waals surface area (Å²) >= 11 is 0. The van der Waals surface area contributed by atoms with E-state index in [0.717, 1.165) is 12.2 Å². The van der Waals surface area contributed by atoms with Crippen LogP contribution in [0.3, 0.4) is 0 Å². The highest BCUT2D eigenvalue weighted by Crippen LogP contribution is 2.20. The molecule has 2 rings (SSSR count). The molecule has 1 heterocycles. The fraction of sp³-hybridized carbons (Fsp3) is 0.267. The van der Waals surface area contributed by atoms with Gasteiger partial charge in [0.05, 0.1) is 6.26 Å². The van der Waals surface area contributed by atoms with Gasteiger partial charge in [0, 0.05) is 24.3 Å². The van der Waals surface area contributed by atoms with E-state index < -0.39 is 5.97 Å². The van der Waals surface area contributed by atoms with Gasteiger partial charge in [0.25, 0.3) is 0 Å². The predicted molar refractivity (Wildman–Crippen MR) is 73.6 cm³/mol. The van der Waals surface area contributed by atoms with E-state index in [4.69, 9.17) is 9.52 Å². The SMILES string of the molecule is CCN(Cc1ccoc1C(=O)O)c1cccc(C)c1. The third-order valence-electron chi connectivity index (χ3n) is 3.05. The highest BCUT2D eigenvalue weighted by Gasteiger charge is 2.16. The number of furan rings is 1. The number of carbonyl (C=O) groups is 1. The van der Waals surface area contributed by atoms with Crippen molar-refractivity contribution < 1.29 is 14.3 Å². The van der Waals surface area contributed by atoms with E-state index in [1.807, 2.05) is 32.0 Å². The van der Waals surface area contributed by atoms with E-state index in [0.29, 0.717) is 12.1 Å². The Hall–Kier alpha value is -2.23. The Balaban J connectivity index is 2.24. The summed E-state index contributed by atoms with van der Waals surface area (Å²) in [4.78, 5) is 13.1. The number of carboxylic acid groups (broad SMARTS) is 1. The van der Waals surface area contributed by atoms with Crippen molar-refractivity contribution in [3.05, 3.63) is 53.5 Å². The van der Waals surface area contributed by atoms with Crippen LogP contribution < -0.4 is 4.90 Å². The summed E-state index contributed by atoms with van der Waals surface area (Å²) in [5, 5.41) is 9.04. The molecule has 1 aromatic carbocycles. The van der Waals surface area contributed by atoms with Crippen molar-refractivity contribution in [2.24, 2.45) is 0 Å². The first kappa shape index (κ1) is 13.2. The Morgan fingerprint density at radius 2 is 2.16 bits per heavy atom. The van der Waals surface area contributed by atoms with Crippen LogP contribution in [0, 0.1) is 6.92 Å². The smallest absolute Gasteiger partial charge is 0.372 e. The molecule has 0 amide bonds. The molecule has 0 aliphatic heterocycles. The first-order valence-corrected chi connectivity index (χ1v) is 6.23. The first-order chi connectivity index (χ1) is 9.11. The Kier molecular flexibility index (Phi) is 3.90. The van der Waals surface area contributed by atoms with Gasteiger partial charge in [-0.2, -0.15) is 0 Å². The number of rotatable bonds is 5. The lowest BCUT2D eigenvalue weighted by molar-refractivity contribution is 0.0661. The monoisotopic (exact) mass is 259 g/mol. The molecule has 0 radical (unpaired) electrons. The molecule has 19 heavy (non-hydrogen) atoms. The van der Waals surface area contributed by atoms with Crippen LogP contribution >= 0.6 is 0 Å². The minimum atomic E-state index is -1.03. The first-order valence-electron chi connectivity index (χ1n) is 6.23. The molecular formula is C15H17NO3. The van der Waals surface area contributed by atoms with Crippen LogP contribution in [0.2, 0.25) is 0 Å². The fourth-order valence-electron chi connectivity index (χ4n) is 2.06. The zero-order valence-electron chi connectivity index (χ0n) is 11.1. The molecule has 4 heteroatoms. The van der Waals surface area contributed by atoms with Gasteiger partial charge in [0.2, 0.25) is 5.76 Å². The third kappa shape index (κ3) is 2.96. The molecule has 0 fully saturated rings. The van der Waals surface area contributed by atoms with Gasteiger partial charge in [0.1, 0.15) is 0 Å². The van der Waals surface area contributed by atoms with Crippen molar-refractivity contribution in [2.45, 2.75) is 20.4 Å². The molecule has 1 N–H and O–H groups in total. The molecular weight excluding hydrogens is 242 g/mol. The maximum Gasteiger partial charge on any atom is 0.372 e. The summed E-state index contributed by atoms with van der Waals surface area (Å²) < 4.78 is 5.00. The van der Waals surface area contributed by atoms with Crippen LogP contribution in [0.5, 0.6) is 0 Å². The van der Waals surface area contributed by atoms with Gasteiger partial charge in [-0.3, -0.25) is 0 Å². The number of benzene rings is 1. The molecule has 2 aromatic rings. The lowest BCUT2D eigenvalue weighted by Gasteiger charge is -2.23. The molecule has 0 aliphatic rings. The van der Waals surface area contributed by atoms with Crippen LogP contribution in [0.15, 0.2) is 41.0 Å². The minimum Gasteiger partial charge on any atom is -0.475 e. The molecule has 0 atom stereocenters. The highest BCUT2D eigenvalue weighted by atomic mass is 16.4. The predicted octanol–water partition coefficient (Wildman–Crippen LogP) is 3.31. The van der Waals surface area contributed by atoms with Crippen molar-refractivity contribution in [1.82, 2.24) is 0 Å². The van der Waals surface area contributed by atoms with Crippen molar-refractivity contribution in [3.63, 3.8) is 0 Å². The number of aromatic carboxylic acids is 1. The van der Waals surface area contributed by atoms with E-state index in [1.165, 1.54) is 11.8 Å². The van der Waals surface area contributed by atoms with Gasteiger partial charge in [0.15, 0.2) is 0 Å². The Morgan fingerprint density at radius 3 is 2.79 bits per heavy atom. The second kappa shape index (κ2) is 5.61. The maximum absolute atomic E-state index is 11.0. The minimum absolute atomic E-state index is 0.0195. The summed E-state index contributed by atoms with van der Waals surface area (Å²) in [5.74, 6) is -1.01. The Bertz CT molecular complexity index is 574. The molecule has 0 unspecified atom stereocenters. The van der Waals surface area contributed by atoms with Crippen molar-refractivity contribution in [3.8, 4) is 0 Å². The van der Waals surface area contributed by atoms with Crippen molar-refractivity contribution in [2.75, 3.05) is 11.4 Å². The topological polar surface area (TPSA) is 53.7 Å². The van der Waals surface area contributed by atoms with Gasteiger partial charge in [-0.25, -0.2) is 4.79 Å². The Morgan fingerprint density at radius 1 is 1.37 bits per heavy atom. The molecule has 1 aromatic heterocycles. The summed E-state index contributed by atoms with van der Waals surface area (Å²) in [6, 6.07) is 9.86. The van der Waals surface area contributed by atoms with Crippen LogP contribution in [-0.4, -0.2) is 17.6 Å². The van der Waals surface area contributed by atoms with Crippen molar-refractivity contribution in [1.29, 1.82) is 0 Å². The van der Waals surface area contributed by atoms with Crippen LogP contribution in [0.4, 0.5) is 5.69 Å².